The summed E-state index contributed by atoms with van der Waals surface area (Å²) in [6, 6.07) is 13.5. The van der Waals surface area contributed by atoms with Gasteiger partial charge in [-0.1, -0.05) is 42.5 Å². The lowest BCUT2D eigenvalue weighted by Crippen LogP contribution is -2.53. The SMILES string of the molecule is O=C(O)C1COCCN1C(=O)C1CC1c1cccc2ccccc12. The molecule has 0 bridgehead atoms. The smallest absolute Gasteiger partial charge is 0.328 e. The number of carboxylic acids is 1. The quantitative estimate of drug-likeness (QED) is 0.940. The molecular formula is C19H19NO4. The second-order valence-corrected chi connectivity index (χ2v) is 6.48. The van der Waals surface area contributed by atoms with Crippen molar-refractivity contribution in [3.05, 3.63) is 48.0 Å². The number of carbonyl (C=O) groups excluding carboxylic acids is 1. The van der Waals surface area contributed by atoms with Crippen molar-refractivity contribution < 1.29 is 19.4 Å². The van der Waals surface area contributed by atoms with Gasteiger partial charge in [-0.3, -0.25) is 4.79 Å². The van der Waals surface area contributed by atoms with E-state index in [1.165, 1.54) is 21.2 Å². The van der Waals surface area contributed by atoms with E-state index in [0.717, 1.165) is 6.42 Å². The first-order valence-corrected chi connectivity index (χ1v) is 8.25. The fraction of sp³-hybridized carbons (Fsp3) is 0.368. The Morgan fingerprint density at radius 3 is 2.75 bits per heavy atom. The van der Waals surface area contributed by atoms with Crippen LogP contribution in [0.3, 0.4) is 0 Å². The highest BCUT2D eigenvalue weighted by Crippen LogP contribution is 2.50. The first-order valence-electron chi connectivity index (χ1n) is 8.25. The molecule has 3 atom stereocenters. The molecule has 4 rings (SSSR count). The van der Waals surface area contributed by atoms with Crippen LogP contribution in [0.15, 0.2) is 42.5 Å². The first kappa shape index (κ1) is 15.1. The highest BCUT2D eigenvalue weighted by atomic mass is 16.5. The Labute approximate surface area is 139 Å². The number of fused-ring (bicyclic) bond motifs is 1. The van der Waals surface area contributed by atoms with E-state index < -0.39 is 12.0 Å². The summed E-state index contributed by atoms with van der Waals surface area (Å²) in [5.74, 6) is -0.981. The monoisotopic (exact) mass is 325 g/mol. The Hall–Kier alpha value is -2.40. The zero-order chi connectivity index (χ0) is 16.7. The topological polar surface area (TPSA) is 66.8 Å². The minimum atomic E-state index is -0.995. The van der Waals surface area contributed by atoms with Gasteiger partial charge in [0.25, 0.3) is 0 Å². The van der Waals surface area contributed by atoms with E-state index in [2.05, 4.69) is 24.3 Å². The van der Waals surface area contributed by atoms with Gasteiger partial charge in [-0.15, -0.1) is 0 Å². The van der Waals surface area contributed by atoms with E-state index in [1.54, 1.807) is 0 Å². The third-order valence-electron chi connectivity index (χ3n) is 5.03. The van der Waals surface area contributed by atoms with E-state index in [9.17, 15) is 14.7 Å². The molecule has 1 aliphatic carbocycles. The average molecular weight is 325 g/mol. The van der Waals surface area contributed by atoms with E-state index in [4.69, 9.17) is 4.74 Å². The molecule has 2 aliphatic rings. The molecule has 2 fully saturated rings. The van der Waals surface area contributed by atoms with Crippen molar-refractivity contribution in [2.24, 2.45) is 5.92 Å². The minimum absolute atomic E-state index is 0.0522. The van der Waals surface area contributed by atoms with Crippen molar-refractivity contribution in [3.8, 4) is 0 Å². The van der Waals surface area contributed by atoms with Crippen LogP contribution in [0, 0.1) is 5.92 Å². The molecular weight excluding hydrogens is 306 g/mol. The number of nitrogens with zero attached hydrogens (tertiary/aromatic N) is 1. The number of aliphatic carboxylic acids is 1. The molecule has 1 heterocycles. The summed E-state index contributed by atoms with van der Waals surface area (Å²) >= 11 is 0. The van der Waals surface area contributed by atoms with Gasteiger partial charge in [0.2, 0.25) is 5.91 Å². The third-order valence-corrected chi connectivity index (χ3v) is 5.03. The van der Waals surface area contributed by atoms with Crippen LogP contribution >= 0.6 is 0 Å². The highest BCUT2D eigenvalue weighted by Gasteiger charge is 2.48. The van der Waals surface area contributed by atoms with Crippen LogP contribution in [0.25, 0.3) is 10.8 Å². The van der Waals surface area contributed by atoms with E-state index >= 15 is 0 Å². The highest BCUT2D eigenvalue weighted by molar-refractivity contribution is 5.91. The van der Waals surface area contributed by atoms with Crippen LogP contribution in [0.5, 0.6) is 0 Å². The number of benzene rings is 2. The molecule has 0 spiro atoms. The maximum Gasteiger partial charge on any atom is 0.328 e. The molecule has 1 amide bonds. The van der Waals surface area contributed by atoms with Crippen LogP contribution in [-0.4, -0.2) is 47.7 Å². The number of amides is 1. The Morgan fingerprint density at radius 1 is 1.12 bits per heavy atom. The molecule has 1 saturated carbocycles. The molecule has 1 N–H and O–H groups in total. The Kier molecular flexibility index (Phi) is 3.73. The lowest BCUT2D eigenvalue weighted by Gasteiger charge is -2.33. The number of hydrogen-bond donors (Lipinski definition) is 1. The summed E-state index contributed by atoms with van der Waals surface area (Å²) in [4.78, 5) is 25.7. The van der Waals surface area contributed by atoms with Crippen molar-refractivity contribution in [1.29, 1.82) is 0 Å². The number of ether oxygens (including phenoxy) is 1. The predicted octanol–water partition coefficient (Wildman–Crippen LogP) is 2.26. The summed E-state index contributed by atoms with van der Waals surface area (Å²) < 4.78 is 5.22. The molecule has 1 aliphatic heterocycles. The number of hydrogen-bond acceptors (Lipinski definition) is 3. The molecule has 0 aromatic heterocycles. The van der Waals surface area contributed by atoms with E-state index in [1.807, 2.05) is 18.2 Å². The van der Waals surface area contributed by atoms with Gasteiger partial charge < -0.3 is 14.7 Å². The largest absolute Gasteiger partial charge is 0.480 e. The lowest BCUT2D eigenvalue weighted by atomic mass is 10.00. The second kappa shape index (κ2) is 5.91. The fourth-order valence-electron chi connectivity index (χ4n) is 3.67. The van der Waals surface area contributed by atoms with Gasteiger partial charge in [-0.2, -0.15) is 0 Å². The Morgan fingerprint density at radius 2 is 1.92 bits per heavy atom. The molecule has 5 heteroatoms. The zero-order valence-corrected chi connectivity index (χ0v) is 13.2. The van der Waals surface area contributed by atoms with E-state index in [-0.39, 0.29) is 24.3 Å². The standard InChI is InChI=1S/C19H19NO4/c21-18(20-8-9-24-11-17(20)19(22)23)16-10-15(16)14-7-3-5-12-4-1-2-6-13(12)14/h1-7,15-17H,8-11H2,(H,22,23). The summed E-state index contributed by atoms with van der Waals surface area (Å²) in [5, 5.41) is 11.7. The first-order chi connectivity index (χ1) is 11.7. The van der Waals surface area contributed by atoms with Gasteiger partial charge in [0, 0.05) is 12.5 Å². The molecule has 24 heavy (non-hydrogen) atoms. The molecule has 0 radical (unpaired) electrons. The fourth-order valence-corrected chi connectivity index (χ4v) is 3.67. The van der Waals surface area contributed by atoms with Gasteiger partial charge in [0.05, 0.1) is 13.2 Å². The van der Waals surface area contributed by atoms with Gasteiger partial charge >= 0.3 is 5.97 Å². The summed E-state index contributed by atoms with van der Waals surface area (Å²) in [5.41, 5.74) is 1.19. The van der Waals surface area contributed by atoms with Crippen LogP contribution in [0.2, 0.25) is 0 Å². The van der Waals surface area contributed by atoms with Crippen molar-refractivity contribution in [2.75, 3.05) is 19.8 Å². The van der Waals surface area contributed by atoms with Crippen LogP contribution in [0.1, 0.15) is 17.9 Å². The maximum absolute atomic E-state index is 12.8. The lowest BCUT2D eigenvalue weighted by molar-refractivity contribution is -0.158. The van der Waals surface area contributed by atoms with Crippen molar-refractivity contribution in [1.82, 2.24) is 4.90 Å². The predicted molar refractivity (Wildman–Crippen MR) is 88.8 cm³/mol. The molecule has 124 valence electrons. The molecule has 5 nitrogen and oxygen atoms in total. The summed E-state index contributed by atoms with van der Waals surface area (Å²) in [7, 11) is 0. The van der Waals surface area contributed by atoms with Crippen molar-refractivity contribution in [3.63, 3.8) is 0 Å². The maximum atomic E-state index is 12.8. The van der Waals surface area contributed by atoms with Gasteiger partial charge in [0.1, 0.15) is 0 Å². The second-order valence-electron chi connectivity index (χ2n) is 6.48. The Bertz CT molecular complexity index is 798. The molecule has 2 aromatic rings. The van der Waals surface area contributed by atoms with Crippen LogP contribution in [0.4, 0.5) is 0 Å². The molecule has 3 unspecified atom stereocenters. The van der Waals surface area contributed by atoms with Gasteiger partial charge in [0.15, 0.2) is 6.04 Å². The van der Waals surface area contributed by atoms with Gasteiger partial charge in [-0.25, -0.2) is 4.79 Å². The van der Waals surface area contributed by atoms with Crippen LogP contribution < -0.4 is 0 Å². The van der Waals surface area contributed by atoms with Gasteiger partial charge in [-0.05, 0) is 28.7 Å². The summed E-state index contributed by atoms with van der Waals surface area (Å²) in [6.07, 6.45) is 0.788. The summed E-state index contributed by atoms with van der Waals surface area (Å²) in [6.45, 7) is 0.836. The normalized spacial score (nSPS) is 26.3. The third kappa shape index (κ3) is 2.55. The molecule has 1 saturated heterocycles. The number of carbonyl (C=O) groups is 2. The van der Waals surface area contributed by atoms with E-state index in [0.29, 0.717) is 13.2 Å². The number of carboxylic acid groups (broad SMARTS) is 1. The molecule has 2 aromatic carbocycles. The van der Waals surface area contributed by atoms with Crippen LogP contribution in [-0.2, 0) is 14.3 Å². The van der Waals surface area contributed by atoms with Crippen molar-refractivity contribution in [2.45, 2.75) is 18.4 Å². The van der Waals surface area contributed by atoms with Crippen molar-refractivity contribution >= 4 is 22.6 Å². The average Bonchev–Trinajstić information content (AvgIpc) is 3.41. The zero-order valence-electron chi connectivity index (χ0n) is 13.2. The number of morpholine rings is 1. The minimum Gasteiger partial charge on any atom is -0.480 e. The number of rotatable bonds is 3. The Balaban J connectivity index is 1.57.